The van der Waals surface area contributed by atoms with Crippen LogP contribution < -0.4 is 9.46 Å². The number of rotatable bonds is 4. The third-order valence-electron chi connectivity index (χ3n) is 4.71. The van der Waals surface area contributed by atoms with Crippen LogP contribution in [0.15, 0.2) is 23.1 Å². The zero-order valence-electron chi connectivity index (χ0n) is 14.8. The van der Waals surface area contributed by atoms with Gasteiger partial charge in [0, 0.05) is 11.6 Å². The number of sulfonamides is 1. The third kappa shape index (κ3) is 4.27. The molecule has 4 nitrogen and oxygen atoms in total. The topological polar surface area (TPSA) is 55.4 Å². The van der Waals surface area contributed by atoms with E-state index in [9.17, 15) is 8.42 Å². The summed E-state index contributed by atoms with van der Waals surface area (Å²) in [5.74, 6) is 1.11. The fourth-order valence-corrected chi connectivity index (χ4v) is 4.60. The molecule has 0 aliphatic heterocycles. The molecule has 0 amide bonds. The molecule has 1 aromatic rings. The van der Waals surface area contributed by atoms with Crippen LogP contribution in [-0.2, 0) is 15.4 Å². The predicted octanol–water partition coefficient (Wildman–Crippen LogP) is 3.85. The third-order valence-corrected chi connectivity index (χ3v) is 6.19. The Morgan fingerprint density at radius 2 is 1.83 bits per heavy atom. The molecule has 0 unspecified atom stereocenters. The molecule has 0 aromatic heterocycles. The van der Waals surface area contributed by atoms with Gasteiger partial charge < -0.3 is 4.74 Å². The maximum atomic E-state index is 12.8. The number of hydrogen-bond acceptors (Lipinski definition) is 3. The van der Waals surface area contributed by atoms with Crippen molar-refractivity contribution in [1.82, 2.24) is 4.72 Å². The van der Waals surface area contributed by atoms with E-state index in [-0.39, 0.29) is 11.5 Å². The Kier molecular flexibility index (Phi) is 5.41. The second kappa shape index (κ2) is 6.81. The molecule has 1 aliphatic carbocycles. The standard InChI is InChI=1S/C18H29NO3S/c1-13-8-6-7-9-16(13)19-23(20,21)14-10-11-17(22-5)15(12-14)18(2,3)4/h10-13,16,19H,6-9H2,1-5H3/t13-,16+/m0/s1. The lowest BCUT2D eigenvalue weighted by molar-refractivity contribution is 0.310. The zero-order chi connectivity index (χ0) is 17.3. The van der Waals surface area contributed by atoms with E-state index in [2.05, 4.69) is 32.4 Å². The molecule has 0 bridgehead atoms. The lowest BCUT2D eigenvalue weighted by Crippen LogP contribution is -2.41. The first-order chi connectivity index (χ1) is 10.6. The van der Waals surface area contributed by atoms with E-state index < -0.39 is 10.0 Å². The fraction of sp³-hybridized carbons (Fsp3) is 0.667. The zero-order valence-corrected chi connectivity index (χ0v) is 15.7. The van der Waals surface area contributed by atoms with Gasteiger partial charge >= 0.3 is 0 Å². The summed E-state index contributed by atoms with van der Waals surface area (Å²) in [6.45, 7) is 8.29. The van der Waals surface area contributed by atoms with Crippen LogP contribution in [0, 0.1) is 5.92 Å². The largest absolute Gasteiger partial charge is 0.496 e. The van der Waals surface area contributed by atoms with Crippen molar-refractivity contribution in [3.05, 3.63) is 23.8 Å². The van der Waals surface area contributed by atoms with E-state index in [1.54, 1.807) is 25.3 Å². The Hall–Kier alpha value is -1.07. The molecule has 1 aromatic carbocycles. The van der Waals surface area contributed by atoms with Crippen molar-refractivity contribution in [3.8, 4) is 5.75 Å². The van der Waals surface area contributed by atoms with Crippen LogP contribution in [0.25, 0.3) is 0 Å². The summed E-state index contributed by atoms with van der Waals surface area (Å²) in [6.07, 6.45) is 4.29. The molecule has 1 saturated carbocycles. The molecule has 130 valence electrons. The Labute approximate surface area is 140 Å². The molecule has 2 atom stereocenters. The quantitative estimate of drug-likeness (QED) is 0.906. The second-order valence-electron chi connectivity index (χ2n) is 7.60. The van der Waals surface area contributed by atoms with Crippen molar-refractivity contribution in [2.45, 2.75) is 69.7 Å². The molecule has 1 N–H and O–H groups in total. The molecule has 23 heavy (non-hydrogen) atoms. The van der Waals surface area contributed by atoms with E-state index in [0.717, 1.165) is 30.6 Å². The predicted molar refractivity (Wildman–Crippen MR) is 93.4 cm³/mol. The lowest BCUT2D eigenvalue weighted by Gasteiger charge is -2.29. The highest BCUT2D eigenvalue weighted by atomic mass is 32.2. The fourth-order valence-electron chi connectivity index (χ4n) is 3.20. The highest BCUT2D eigenvalue weighted by molar-refractivity contribution is 7.89. The molecular formula is C18H29NO3S. The molecule has 1 fully saturated rings. The number of benzene rings is 1. The van der Waals surface area contributed by atoms with E-state index in [1.807, 2.05) is 0 Å². The molecular weight excluding hydrogens is 310 g/mol. The molecule has 0 spiro atoms. The SMILES string of the molecule is COc1ccc(S(=O)(=O)N[C@@H]2CCCC[C@@H]2C)cc1C(C)(C)C. The minimum atomic E-state index is -3.51. The van der Waals surface area contributed by atoms with Gasteiger partial charge in [0.15, 0.2) is 0 Å². The van der Waals surface area contributed by atoms with Crippen LogP contribution in [0.2, 0.25) is 0 Å². The average molecular weight is 340 g/mol. The molecule has 5 heteroatoms. The first-order valence-electron chi connectivity index (χ1n) is 8.36. The summed E-state index contributed by atoms with van der Waals surface area (Å²) in [6, 6.07) is 5.16. The van der Waals surface area contributed by atoms with Gasteiger partial charge in [0.05, 0.1) is 12.0 Å². The summed E-state index contributed by atoms with van der Waals surface area (Å²) in [5, 5.41) is 0. The van der Waals surface area contributed by atoms with Crippen LogP contribution in [0.4, 0.5) is 0 Å². The van der Waals surface area contributed by atoms with Crippen molar-refractivity contribution in [2.24, 2.45) is 5.92 Å². The van der Waals surface area contributed by atoms with Crippen molar-refractivity contribution in [2.75, 3.05) is 7.11 Å². The number of nitrogens with one attached hydrogen (secondary N) is 1. The summed E-state index contributed by atoms with van der Waals surface area (Å²) in [4.78, 5) is 0.320. The first kappa shape index (κ1) is 18.3. The first-order valence-corrected chi connectivity index (χ1v) is 9.84. The highest BCUT2D eigenvalue weighted by Gasteiger charge is 2.28. The Morgan fingerprint density at radius 1 is 1.17 bits per heavy atom. The van der Waals surface area contributed by atoms with Gasteiger partial charge in [-0.1, -0.05) is 40.5 Å². The Morgan fingerprint density at radius 3 is 2.39 bits per heavy atom. The minimum Gasteiger partial charge on any atom is -0.496 e. The van der Waals surface area contributed by atoms with E-state index >= 15 is 0 Å². The minimum absolute atomic E-state index is 0.0361. The van der Waals surface area contributed by atoms with Gasteiger partial charge in [-0.15, -0.1) is 0 Å². The smallest absolute Gasteiger partial charge is 0.240 e. The van der Waals surface area contributed by atoms with E-state index in [0.29, 0.717) is 10.8 Å². The maximum Gasteiger partial charge on any atom is 0.240 e. The van der Waals surface area contributed by atoms with Crippen LogP contribution in [0.5, 0.6) is 5.75 Å². The van der Waals surface area contributed by atoms with Gasteiger partial charge in [-0.3, -0.25) is 0 Å². The molecule has 0 radical (unpaired) electrons. The molecule has 2 rings (SSSR count). The molecule has 0 heterocycles. The second-order valence-corrected chi connectivity index (χ2v) is 9.32. The number of methoxy groups -OCH3 is 1. The summed E-state index contributed by atoms with van der Waals surface area (Å²) >= 11 is 0. The van der Waals surface area contributed by atoms with Crippen molar-refractivity contribution in [3.63, 3.8) is 0 Å². The Bertz CT molecular complexity index is 647. The van der Waals surface area contributed by atoms with Gasteiger partial charge in [0.25, 0.3) is 0 Å². The highest BCUT2D eigenvalue weighted by Crippen LogP contribution is 2.33. The van der Waals surface area contributed by atoms with E-state index in [4.69, 9.17) is 4.74 Å². The van der Waals surface area contributed by atoms with Gasteiger partial charge in [0.1, 0.15) is 5.75 Å². The number of hydrogen-bond donors (Lipinski definition) is 1. The van der Waals surface area contributed by atoms with Crippen LogP contribution in [0.3, 0.4) is 0 Å². The average Bonchev–Trinajstić information content (AvgIpc) is 2.48. The Balaban J connectivity index is 2.32. The maximum absolute atomic E-state index is 12.8. The van der Waals surface area contributed by atoms with Crippen molar-refractivity contribution in [1.29, 1.82) is 0 Å². The van der Waals surface area contributed by atoms with Crippen LogP contribution in [-0.4, -0.2) is 21.6 Å². The summed E-state index contributed by atoms with van der Waals surface area (Å²) in [5.41, 5.74) is 0.717. The summed E-state index contributed by atoms with van der Waals surface area (Å²) in [7, 11) is -1.89. The monoisotopic (exact) mass is 339 g/mol. The van der Waals surface area contributed by atoms with Crippen molar-refractivity contribution < 1.29 is 13.2 Å². The van der Waals surface area contributed by atoms with Gasteiger partial charge in [-0.05, 0) is 42.4 Å². The van der Waals surface area contributed by atoms with Crippen molar-refractivity contribution >= 4 is 10.0 Å². The number of ether oxygens (including phenoxy) is 1. The summed E-state index contributed by atoms with van der Waals surface area (Å²) < 4.78 is 33.8. The molecule has 1 aliphatic rings. The van der Waals surface area contributed by atoms with E-state index in [1.165, 1.54) is 6.42 Å². The van der Waals surface area contributed by atoms with Gasteiger partial charge in [0.2, 0.25) is 10.0 Å². The van der Waals surface area contributed by atoms with Crippen LogP contribution in [0.1, 0.15) is 58.9 Å². The van der Waals surface area contributed by atoms with Gasteiger partial charge in [-0.2, -0.15) is 0 Å². The molecule has 0 saturated heterocycles. The normalized spacial score (nSPS) is 22.8. The lowest BCUT2D eigenvalue weighted by atomic mass is 9.86. The van der Waals surface area contributed by atoms with Gasteiger partial charge in [-0.25, -0.2) is 13.1 Å². The van der Waals surface area contributed by atoms with Crippen LogP contribution >= 0.6 is 0 Å².